The largest absolute Gasteiger partial charge is 0.387 e. The Morgan fingerprint density at radius 3 is 3.36 bits per heavy atom. The number of hydrogen-bond acceptors (Lipinski definition) is 4. The van der Waals surface area contributed by atoms with Crippen LogP contribution in [0, 0.1) is 0 Å². The third-order valence-electron chi connectivity index (χ3n) is 2.18. The summed E-state index contributed by atoms with van der Waals surface area (Å²) in [5.74, 6) is 0.403. The van der Waals surface area contributed by atoms with E-state index in [4.69, 9.17) is 0 Å². The van der Waals surface area contributed by atoms with Crippen LogP contribution in [0.5, 0.6) is 0 Å². The van der Waals surface area contributed by atoms with Crippen LogP contribution in [-0.2, 0) is 0 Å². The maximum atomic E-state index is 11.5. The minimum Gasteiger partial charge on any atom is -0.387 e. The van der Waals surface area contributed by atoms with E-state index >= 15 is 0 Å². The third kappa shape index (κ3) is 0.819. The van der Waals surface area contributed by atoms with Crippen LogP contribution in [0.1, 0.15) is 0 Å². The number of aromatic nitrogens is 4. The lowest BCUT2D eigenvalue weighted by Gasteiger charge is -2.02. The summed E-state index contributed by atoms with van der Waals surface area (Å²) in [5.41, 5.74) is -0.254. The first kappa shape index (κ1) is 7.31. The molecule has 3 heterocycles. The first-order valence-corrected chi connectivity index (χ1v) is 4.22. The van der Waals surface area contributed by atoms with E-state index in [0.717, 1.165) is 5.35 Å². The van der Waals surface area contributed by atoms with Gasteiger partial charge in [-0.2, -0.15) is 4.98 Å². The molecule has 0 spiro atoms. The molecule has 0 unspecified atom stereocenters. The van der Waals surface area contributed by atoms with Crippen molar-refractivity contribution in [2.24, 2.45) is 0 Å². The number of nitrogens with one attached hydrogen (secondary N) is 2. The summed E-state index contributed by atoms with van der Waals surface area (Å²) in [6.07, 6.45) is 5.11. The van der Waals surface area contributed by atoms with Gasteiger partial charge < -0.3 is 5.32 Å². The fraction of sp³-hybridized carbons (Fsp3) is 0.125. The molecule has 14 heavy (non-hydrogen) atoms. The number of nitrogens with zero attached hydrogens (tertiary/aromatic N) is 3. The van der Waals surface area contributed by atoms with E-state index in [0.29, 0.717) is 17.5 Å². The zero-order valence-corrected chi connectivity index (χ0v) is 7.19. The quantitative estimate of drug-likeness (QED) is 0.482. The van der Waals surface area contributed by atoms with Gasteiger partial charge >= 0.3 is 0 Å². The maximum absolute atomic E-state index is 11.5. The van der Waals surface area contributed by atoms with Crippen LogP contribution >= 0.6 is 0 Å². The van der Waals surface area contributed by atoms with Crippen LogP contribution in [0.2, 0.25) is 0 Å². The molecule has 0 saturated carbocycles. The molecule has 6 nitrogen and oxygen atoms in total. The maximum Gasteiger partial charge on any atom is 0.283 e. The summed E-state index contributed by atoms with van der Waals surface area (Å²) in [5, 5.41) is 7.25. The highest BCUT2D eigenvalue weighted by Crippen LogP contribution is 1.81. The lowest BCUT2D eigenvalue weighted by molar-refractivity contribution is 0.864. The summed E-state index contributed by atoms with van der Waals surface area (Å²) < 4.78 is 1.69. The zero-order valence-electron chi connectivity index (χ0n) is 7.19. The summed E-state index contributed by atoms with van der Waals surface area (Å²) >= 11 is 0. The second kappa shape index (κ2) is 2.44. The van der Waals surface area contributed by atoms with Crippen LogP contribution in [0.15, 0.2) is 11.1 Å². The van der Waals surface area contributed by atoms with Gasteiger partial charge in [0.1, 0.15) is 6.33 Å². The lowest BCUT2D eigenvalue weighted by Crippen LogP contribution is -2.48. The number of aromatic amines is 1. The molecular weight excluding hydrogens is 182 g/mol. The Kier molecular flexibility index (Phi) is 1.27. The molecule has 3 rings (SSSR count). The van der Waals surface area contributed by atoms with Crippen LogP contribution in [-0.4, -0.2) is 26.1 Å². The summed E-state index contributed by atoms with van der Waals surface area (Å²) in [6.45, 7) is 0.706. The van der Waals surface area contributed by atoms with E-state index in [1.807, 2.05) is 6.08 Å². The van der Waals surface area contributed by atoms with Gasteiger partial charge in [0.2, 0.25) is 0 Å². The van der Waals surface area contributed by atoms with Crippen molar-refractivity contribution in [1.29, 1.82) is 0 Å². The SMILES string of the molecule is O=c1nc2nc[nH]n2c2c1=CNCC=2. The predicted octanol–water partition coefficient (Wildman–Crippen LogP) is -2.46. The number of H-pyrrole nitrogens is 1. The average molecular weight is 189 g/mol. The lowest BCUT2D eigenvalue weighted by atomic mass is 10.3. The molecule has 0 radical (unpaired) electrons. The first-order valence-electron chi connectivity index (χ1n) is 4.22. The topological polar surface area (TPSA) is 75.1 Å². The minimum atomic E-state index is -0.254. The average Bonchev–Trinajstić information content (AvgIpc) is 2.66. The van der Waals surface area contributed by atoms with Crippen molar-refractivity contribution >= 4 is 18.1 Å². The van der Waals surface area contributed by atoms with Gasteiger partial charge in [-0.1, -0.05) is 0 Å². The van der Waals surface area contributed by atoms with E-state index in [1.165, 1.54) is 6.33 Å². The van der Waals surface area contributed by atoms with Crippen LogP contribution in [0.3, 0.4) is 0 Å². The molecule has 70 valence electrons. The molecule has 0 saturated heterocycles. The predicted molar refractivity (Wildman–Crippen MR) is 49.8 cm³/mol. The van der Waals surface area contributed by atoms with Crippen molar-refractivity contribution in [2.45, 2.75) is 0 Å². The van der Waals surface area contributed by atoms with E-state index in [2.05, 4.69) is 20.4 Å². The standard InChI is InChI=1S/C8H7N5O/c14-7-5-3-9-2-1-6(5)13-8(12-7)10-4-11-13/h1,3-4,9H,2H2,(H,10,11,12,14). The molecule has 1 aliphatic rings. The smallest absolute Gasteiger partial charge is 0.283 e. The third-order valence-corrected chi connectivity index (χ3v) is 2.18. The van der Waals surface area contributed by atoms with Gasteiger partial charge in [-0.05, 0) is 6.08 Å². The molecule has 0 amide bonds. The second-order valence-corrected chi connectivity index (χ2v) is 3.00. The minimum absolute atomic E-state index is 0.254. The fourth-order valence-electron chi connectivity index (χ4n) is 1.55. The summed E-state index contributed by atoms with van der Waals surface area (Å²) in [4.78, 5) is 19.3. The van der Waals surface area contributed by atoms with Crippen LogP contribution in [0.4, 0.5) is 0 Å². The first-order chi connectivity index (χ1) is 6.86. The Labute approximate surface area is 77.6 Å². The molecule has 2 N–H and O–H groups in total. The highest BCUT2D eigenvalue weighted by atomic mass is 16.1. The number of hydrogen-bond donors (Lipinski definition) is 2. The van der Waals surface area contributed by atoms with Gasteiger partial charge in [0.15, 0.2) is 0 Å². The Balaban J connectivity index is 2.73. The molecule has 0 fully saturated rings. The molecule has 1 aliphatic heterocycles. The van der Waals surface area contributed by atoms with E-state index < -0.39 is 0 Å². The monoisotopic (exact) mass is 189 g/mol. The molecule has 2 aromatic heterocycles. The highest BCUT2D eigenvalue weighted by Gasteiger charge is 2.04. The summed E-state index contributed by atoms with van der Waals surface area (Å²) in [7, 11) is 0. The molecule has 0 bridgehead atoms. The molecule has 0 atom stereocenters. The molecule has 2 aromatic rings. The van der Waals surface area contributed by atoms with Gasteiger partial charge in [-0.25, -0.2) is 9.50 Å². The van der Waals surface area contributed by atoms with Crippen LogP contribution in [0.25, 0.3) is 18.1 Å². The Bertz CT molecular complexity index is 665. The Morgan fingerprint density at radius 1 is 1.50 bits per heavy atom. The Morgan fingerprint density at radius 2 is 2.43 bits per heavy atom. The van der Waals surface area contributed by atoms with E-state index in [-0.39, 0.29) is 5.56 Å². The van der Waals surface area contributed by atoms with Crippen LogP contribution < -0.4 is 21.4 Å². The van der Waals surface area contributed by atoms with Crippen molar-refractivity contribution in [3.8, 4) is 0 Å². The van der Waals surface area contributed by atoms with Gasteiger partial charge in [-0.3, -0.25) is 9.89 Å². The molecule has 0 aromatic carbocycles. The fourth-order valence-corrected chi connectivity index (χ4v) is 1.55. The van der Waals surface area contributed by atoms with E-state index in [1.54, 1.807) is 10.7 Å². The summed E-state index contributed by atoms with van der Waals surface area (Å²) in [6, 6.07) is 0. The van der Waals surface area contributed by atoms with Crippen molar-refractivity contribution in [1.82, 2.24) is 24.9 Å². The van der Waals surface area contributed by atoms with Gasteiger partial charge in [0.05, 0.1) is 10.6 Å². The number of fused-ring (bicyclic) bond motifs is 3. The molecule has 6 heteroatoms. The van der Waals surface area contributed by atoms with Gasteiger partial charge in [-0.15, -0.1) is 0 Å². The van der Waals surface area contributed by atoms with Crippen molar-refractivity contribution < 1.29 is 0 Å². The van der Waals surface area contributed by atoms with E-state index in [9.17, 15) is 4.79 Å². The van der Waals surface area contributed by atoms with Gasteiger partial charge in [0.25, 0.3) is 11.3 Å². The van der Waals surface area contributed by atoms with Crippen molar-refractivity contribution in [2.75, 3.05) is 6.54 Å². The molecule has 0 aliphatic carbocycles. The van der Waals surface area contributed by atoms with Crippen molar-refractivity contribution in [3.05, 3.63) is 27.2 Å². The van der Waals surface area contributed by atoms with Gasteiger partial charge in [0, 0.05) is 12.7 Å². The number of rotatable bonds is 0. The normalized spacial score (nSPS) is 14.0. The zero-order chi connectivity index (χ0) is 9.54. The van der Waals surface area contributed by atoms with Crippen molar-refractivity contribution in [3.63, 3.8) is 0 Å². The molecular formula is C8H7N5O. The second-order valence-electron chi connectivity index (χ2n) is 3.00. The highest BCUT2D eigenvalue weighted by molar-refractivity contribution is 5.38. The Hall–Kier alpha value is -2.11.